The maximum Gasteiger partial charge on any atom is 0.244 e. The van der Waals surface area contributed by atoms with Crippen LogP contribution in [0.5, 0.6) is 0 Å². The highest BCUT2D eigenvalue weighted by atomic mass is 32.2. The van der Waals surface area contributed by atoms with Crippen LogP contribution in [0.3, 0.4) is 0 Å². The van der Waals surface area contributed by atoms with E-state index in [9.17, 15) is 13.2 Å². The number of primary amides is 1. The lowest BCUT2D eigenvalue weighted by Crippen LogP contribution is -2.46. The molecule has 0 aliphatic carbocycles. The number of pyridine rings is 1. The fraction of sp³-hybridized carbons (Fsp3) is 0.500. The number of piperidine rings is 1. The van der Waals surface area contributed by atoms with Crippen molar-refractivity contribution in [1.82, 2.24) is 14.6 Å². The molecule has 1 amide bonds. The van der Waals surface area contributed by atoms with Gasteiger partial charge in [-0.25, -0.2) is 18.1 Å². The van der Waals surface area contributed by atoms with Crippen LogP contribution in [0.2, 0.25) is 0 Å². The van der Waals surface area contributed by atoms with Crippen molar-refractivity contribution < 1.29 is 13.2 Å². The summed E-state index contributed by atoms with van der Waals surface area (Å²) in [5, 5.41) is 0. The van der Waals surface area contributed by atoms with Crippen LogP contribution in [-0.2, 0) is 14.8 Å². The molecule has 1 aromatic heterocycles. The second-order valence-electron chi connectivity index (χ2n) is 5.02. The summed E-state index contributed by atoms with van der Waals surface area (Å²) in [4.78, 5) is 16.5. The van der Waals surface area contributed by atoms with Crippen LogP contribution in [0.25, 0.3) is 0 Å². The zero-order valence-electron chi connectivity index (χ0n) is 11.5. The van der Waals surface area contributed by atoms with Crippen molar-refractivity contribution in [1.29, 1.82) is 0 Å². The molecule has 1 fully saturated rings. The summed E-state index contributed by atoms with van der Waals surface area (Å²) >= 11 is 0. The minimum absolute atomic E-state index is 0.00966. The maximum atomic E-state index is 12.3. The van der Waals surface area contributed by atoms with E-state index in [2.05, 4.69) is 9.71 Å². The summed E-state index contributed by atoms with van der Waals surface area (Å²) < 4.78 is 27.2. The summed E-state index contributed by atoms with van der Waals surface area (Å²) in [5.74, 6) is -0.395. The molecule has 8 nitrogen and oxygen atoms in total. The van der Waals surface area contributed by atoms with Gasteiger partial charge in [-0.15, -0.1) is 0 Å². The van der Waals surface area contributed by atoms with Gasteiger partial charge in [-0.1, -0.05) is 0 Å². The first-order valence-corrected chi connectivity index (χ1v) is 8.10. The first-order chi connectivity index (χ1) is 9.88. The highest BCUT2D eigenvalue weighted by molar-refractivity contribution is 7.89. The molecule has 1 saturated heterocycles. The molecule has 0 saturated carbocycles. The lowest BCUT2D eigenvalue weighted by molar-refractivity contribution is -0.119. The zero-order valence-corrected chi connectivity index (χ0v) is 12.3. The van der Waals surface area contributed by atoms with Crippen molar-refractivity contribution in [3.05, 3.63) is 18.3 Å². The van der Waals surface area contributed by atoms with E-state index in [1.54, 1.807) is 0 Å². The number of rotatable bonds is 5. The third kappa shape index (κ3) is 4.13. The van der Waals surface area contributed by atoms with E-state index >= 15 is 0 Å². The lowest BCUT2D eigenvalue weighted by Gasteiger charge is -2.31. The Hall–Kier alpha value is -1.71. The second-order valence-corrected chi connectivity index (χ2v) is 6.71. The molecule has 2 rings (SSSR count). The largest absolute Gasteiger partial charge is 0.383 e. The average Bonchev–Trinajstić information content (AvgIpc) is 2.40. The van der Waals surface area contributed by atoms with Crippen LogP contribution in [0.1, 0.15) is 12.8 Å². The molecular formula is C12H19N5O3S. The third-order valence-electron chi connectivity index (χ3n) is 3.38. The van der Waals surface area contributed by atoms with Crippen LogP contribution in [0.4, 0.5) is 5.82 Å². The van der Waals surface area contributed by atoms with Crippen LogP contribution < -0.4 is 16.2 Å². The number of carbonyl (C=O) groups is 1. The van der Waals surface area contributed by atoms with E-state index in [-0.39, 0.29) is 29.2 Å². The highest BCUT2D eigenvalue weighted by Crippen LogP contribution is 2.17. The van der Waals surface area contributed by atoms with Gasteiger partial charge in [0.15, 0.2) is 0 Å². The molecule has 1 aliphatic rings. The number of anilines is 1. The third-order valence-corrected chi connectivity index (χ3v) is 4.95. The SMILES string of the molecule is NC(=O)CN1CCC(NS(=O)(=O)c2cccnc2N)CC1. The van der Waals surface area contributed by atoms with E-state index in [1.165, 1.54) is 18.3 Å². The van der Waals surface area contributed by atoms with E-state index in [0.717, 1.165) is 0 Å². The fourth-order valence-corrected chi connectivity index (χ4v) is 3.73. The van der Waals surface area contributed by atoms with Crippen molar-refractivity contribution in [3.63, 3.8) is 0 Å². The zero-order chi connectivity index (χ0) is 15.5. The average molecular weight is 313 g/mol. The highest BCUT2D eigenvalue weighted by Gasteiger charge is 2.26. The Kier molecular flexibility index (Phi) is 4.76. The maximum absolute atomic E-state index is 12.3. The Morgan fingerprint density at radius 1 is 1.43 bits per heavy atom. The molecule has 1 aromatic rings. The Morgan fingerprint density at radius 3 is 2.67 bits per heavy atom. The fourth-order valence-electron chi connectivity index (χ4n) is 2.34. The second kappa shape index (κ2) is 6.37. The van der Waals surface area contributed by atoms with Crippen LogP contribution in [-0.4, -0.2) is 49.9 Å². The van der Waals surface area contributed by atoms with Gasteiger partial charge >= 0.3 is 0 Å². The van der Waals surface area contributed by atoms with Gasteiger partial charge in [0.25, 0.3) is 0 Å². The number of nitrogens with zero attached hydrogens (tertiary/aromatic N) is 2. The number of likely N-dealkylation sites (tertiary alicyclic amines) is 1. The number of carbonyl (C=O) groups excluding carboxylic acids is 1. The standard InChI is InChI=1S/C12H19N5O3S/c13-11(18)8-17-6-3-9(4-7-17)16-21(19,20)10-2-1-5-15-12(10)14/h1-2,5,9,16H,3-4,6-8H2,(H2,13,18)(H2,14,15). The predicted molar refractivity (Wildman–Crippen MR) is 77.6 cm³/mol. The van der Waals surface area contributed by atoms with Gasteiger partial charge < -0.3 is 11.5 Å². The molecule has 0 bridgehead atoms. The summed E-state index contributed by atoms with van der Waals surface area (Å²) in [6.45, 7) is 1.45. The molecule has 1 aliphatic heterocycles. The van der Waals surface area contributed by atoms with Gasteiger partial charge in [-0.3, -0.25) is 9.69 Å². The smallest absolute Gasteiger partial charge is 0.244 e. The first-order valence-electron chi connectivity index (χ1n) is 6.62. The number of nitrogen functional groups attached to an aromatic ring is 1. The summed E-state index contributed by atoms with van der Waals surface area (Å²) in [6, 6.07) is 2.77. The van der Waals surface area contributed by atoms with E-state index in [1.807, 2.05) is 4.90 Å². The lowest BCUT2D eigenvalue weighted by atomic mass is 10.1. The van der Waals surface area contributed by atoms with E-state index in [4.69, 9.17) is 11.5 Å². The Balaban J connectivity index is 1.97. The van der Waals surface area contributed by atoms with Gasteiger partial charge in [-0.05, 0) is 25.0 Å². The number of hydrogen-bond acceptors (Lipinski definition) is 6. The van der Waals surface area contributed by atoms with Gasteiger partial charge in [0.05, 0.1) is 6.54 Å². The van der Waals surface area contributed by atoms with Crippen molar-refractivity contribution in [3.8, 4) is 0 Å². The van der Waals surface area contributed by atoms with Crippen LogP contribution in [0.15, 0.2) is 23.2 Å². The van der Waals surface area contributed by atoms with Crippen molar-refractivity contribution >= 4 is 21.7 Å². The Morgan fingerprint density at radius 2 is 2.10 bits per heavy atom. The molecule has 5 N–H and O–H groups in total. The molecule has 0 radical (unpaired) electrons. The van der Waals surface area contributed by atoms with Crippen LogP contribution >= 0.6 is 0 Å². The number of hydrogen-bond donors (Lipinski definition) is 3. The Labute approximate surface area is 123 Å². The molecular weight excluding hydrogens is 294 g/mol. The number of amides is 1. The van der Waals surface area contributed by atoms with Crippen molar-refractivity contribution in [2.24, 2.45) is 5.73 Å². The summed E-state index contributed by atoms with van der Waals surface area (Å²) in [7, 11) is -3.68. The molecule has 0 unspecified atom stereocenters. The number of aromatic nitrogens is 1. The van der Waals surface area contributed by atoms with Crippen molar-refractivity contribution in [2.45, 2.75) is 23.8 Å². The molecule has 2 heterocycles. The number of nitrogens with one attached hydrogen (secondary N) is 1. The van der Waals surface area contributed by atoms with Gasteiger partial charge in [0.2, 0.25) is 15.9 Å². The van der Waals surface area contributed by atoms with E-state index in [0.29, 0.717) is 25.9 Å². The topological polar surface area (TPSA) is 131 Å². The minimum Gasteiger partial charge on any atom is -0.383 e. The minimum atomic E-state index is -3.68. The normalized spacial score (nSPS) is 17.7. The predicted octanol–water partition coefficient (Wildman–Crippen LogP) is -1.11. The molecule has 0 spiro atoms. The molecule has 21 heavy (non-hydrogen) atoms. The molecule has 0 aromatic carbocycles. The van der Waals surface area contributed by atoms with E-state index < -0.39 is 10.0 Å². The van der Waals surface area contributed by atoms with Crippen LogP contribution in [0, 0.1) is 0 Å². The Bertz CT molecular complexity index is 611. The van der Waals surface area contributed by atoms with Gasteiger partial charge in [-0.2, -0.15) is 0 Å². The monoisotopic (exact) mass is 313 g/mol. The number of sulfonamides is 1. The van der Waals surface area contributed by atoms with Gasteiger partial charge in [0, 0.05) is 25.3 Å². The van der Waals surface area contributed by atoms with Gasteiger partial charge in [0.1, 0.15) is 10.7 Å². The summed E-state index contributed by atoms with van der Waals surface area (Å²) in [5.41, 5.74) is 10.7. The molecule has 9 heteroatoms. The number of nitrogens with two attached hydrogens (primary N) is 2. The summed E-state index contributed by atoms with van der Waals surface area (Å²) in [6.07, 6.45) is 2.68. The molecule has 116 valence electrons. The first kappa shape index (κ1) is 15.7. The molecule has 0 atom stereocenters. The van der Waals surface area contributed by atoms with Crippen molar-refractivity contribution in [2.75, 3.05) is 25.4 Å². The quantitative estimate of drug-likeness (QED) is 0.632.